The van der Waals surface area contributed by atoms with Gasteiger partial charge in [-0.15, -0.1) is 0 Å². The lowest BCUT2D eigenvalue weighted by atomic mass is 10.2. The zero-order valence-corrected chi connectivity index (χ0v) is 18.3. The first-order chi connectivity index (χ1) is 13.9. The van der Waals surface area contributed by atoms with E-state index in [9.17, 15) is 4.79 Å². The summed E-state index contributed by atoms with van der Waals surface area (Å²) in [5, 5.41) is 1.51. The van der Waals surface area contributed by atoms with Crippen molar-refractivity contribution in [3.05, 3.63) is 56.7 Å². The summed E-state index contributed by atoms with van der Waals surface area (Å²) < 4.78 is 0. The average molecular weight is 455 g/mol. The fourth-order valence-corrected chi connectivity index (χ4v) is 3.85. The van der Waals surface area contributed by atoms with E-state index < -0.39 is 0 Å². The Balaban J connectivity index is 1.66. The topological polar surface area (TPSA) is 74.8 Å². The molecular weight excluding hydrogens is 433 g/mol. The van der Waals surface area contributed by atoms with E-state index in [4.69, 9.17) is 40.5 Å². The molecule has 2 heterocycles. The van der Waals surface area contributed by atoms with Crippen LogP contribution in [0.4, 0.5) is 5.82 Å². The molecule has 6 nitrogen and oxygen atoms in total. The highest BCUT2D eigenvalue weighted by atomic mass is 35.5. The van der Waals surface area contributed by atoms with Crippen LogP contribution in [-0.4, -0.2) is 53.2 Å². The van der Waals surface area contributed by atoms with Crippen molar-refractivity contribution < 1.29 is 4.79 Å². The molecule has 0 saturated heterocycles. The summed E-state index contributed by atoms with van der Waals surface area (Å²) in [7, 11) is 1.95. The molecule has 0 radical (unpaired) electrons. The van der Waals surface area contributed by atoms with Gasteiger partial charge in [0, 0.05) is 61.7 Å². The number of halogens is 3. The number of nitrogens with zero attached hydrogens (tertiary/aromatic N) is 4. The predicted molar refractivity (Wildman–Crippen MR) is 118 cm³/mol. The summed E-state index contributed by atoms with van der Waals surface area (Å²) in [5.41, 5.74) is 7.51. The average Bonchev–Trinajstić information content (AvgIpc) is 3.07. The van der Waals surface area contributed by atoms with Crippen molar-refractivity contribution in [2.45, 2.75) is 19.4 Å². The summed E-state index contributed by atoms with van der Waals surface area (Å²) in [6, 6.07) is 9.00. The van der Waals surface area contributed by atoms with E-state index in [1.165, 1.54) is 0 Å². The number of carbonyl (C=O) groups is 1. The van der Waals surface area contributed by atoms with Crippen LogP contribution in [0.5, 0.6) is 0 Å². The number of fused-ring (bicyclic) bond motifs is 1. The Kier molecular flexibility index (Phi) is 7.35. The second-order valence-electron chi connectivity index (χ2n) is 6.87. The molecule has 1 aliphatic heterocycles. The Morgan fingerprint density at radius 3 is 2.55 bits per heavy atom. The van der Waals surface area contributed by atoms with Crippen molar-refractivity contribution >= 4 is 52.4 Å². The summed E-state index contributed by atoms with van der Waals surface area (Å²) in [5.74, 6) is 1.54. The molecular formula is C20H22Cl3N5O. The van der Waals surface area contributed by atoms with Crippen molar-refractivity contribution in [3.8, 4) is 0 Å². The third-order valence-corrected chi connectivity index (χ3v) is 5.31. The van der Waals surface area contributed by atoms with Crippen LogP contribution >= 0.6 is 34.8 Å². The maximum atomic E-state index is 12.6. The van der Waals surface area contributed by atoms with Gasteiger partial charge in [-0.25, -0.2) is 9.98 Å². The van der Waals surface area contributed by atoms with E-state index in [1.54, 1.807) is 17.0 Å². The molecule has 0 fully saturated rings. The minimum atomic E-state index is -0.0120. The number of aliphatic imine (C=N–C) groups is 1. The highest BCUT2D eigenvalue weighted by molar-refractivity contribution is 6.34. The van der Waals surface area contributed by atoms with Gasteiger partial charge in [0.25, 0.3) is 0 Å². The number of carbonyl (C=O) groups excluding carboxylic acids is 1. The predicted octanol–water partition coefficient (Wildman–Crippen LogP) is 3.94. The molecule has 1 amide bonds. The molecule has 0 unspecified atom stereocenters. The molecule has 2 aromatic rings. The number of hydrogen-bond donors (Lipinski definition) is 1. The number of likely N-dealkylation sites (N-methyl/N-ethyl adjacent to an activating group) is 1. The molecule has 1 aromatic heterocycles. The van der Waals surface area contributed by atoms with Crippen molar-refractivity contribution in [2.75, 3.05) is 26.7 Å². The third-order valence-electron chi connectivity index (χ3n) is 4.66. The van der Waals surface area contributed by atoms with Gasteiger partial charge >= 0.3 is 0 Å². The second kappa shape index (κ2) is 9.76. The number of rotatable bonds is 7. The zero-order chi connectivity index (χ0) is 21.0. The molecule has 0 saturated carbocycles. The van der Waals surface area contributed by atoms with Crippen molar-refractivity contribution in [1.29, 1.82) is 0 Å². The summed E-state index contributed by atoms with van der Waals surface area (Å²) >= 11 is 18.1. The quantitative estimate of drug-likeness (QED) is 0.643. The van der Waals surface area contributed by atoms with Crippen LogP contribution < -0.4 is 5.73 Å². The molecule has 1 aromatic carbocycles. The molecule has 1 aliphatic rings. The second-order valence-corrected chi connectivity index (χ2v) is 8.13. The Morgan fingerprint density at radius 2 is 1.86 bits per heavy atom. The number of amidine groups is 1. The first kappa shape index (κ1) is 21.8. The number of amides is 1. The lowest BCUT2D eigenvalue weighted by Crippen LogP contribution is -2.39. The molecule has 9 heteroatoms. The van der Waals surface area contributed by atoms with Gasteiger partial charge < -0.3 is 15.5 Å². The summed E-state index contributed by atoms with van der Waals surface area (Å²) in [4.78, 5) is 25.2. The first-order valence-electron chi connectivity index (χ1n) is 9.22. The maximum absolute atomic E-state index is 12.6. The van der Waals surface area contributed by atoms with E-state index in [0.29, 0.717) is 53.6 Å². The van der Waals surface area contributed by atoms with E-state index in [2.05, 4.69) is 9.98 Å². The molecule has 0 atom stereocenters. The van der Waals surface area contributed by atoms with Crippen molar-refractivity contribution in [3.63, 3.8) is 0 Å². The Morgan fingerprint density at radius 1 is 1.14 bits per heavy atom. The smallest absolute Gasteiger partial charge is 0.224 e. The number of pyridine rings is 1. The van der Waals surface area contributed by atoms with E-state index in [1.807, 2.05) is 30.1 Å². The summed E-state index contributed by atoms with van der Waals surface area (Å²) in [6.45, 7) is 1.85. The van der Waals surface area contributed by atoms with E-state index >= 15 is 0 Å². The standard InChI is InChI=1S/C20H22Cl3N5O/c1-27(18-10-14-2-3-17(23)25-20(14)26-18)6-7-28(19(29)4-5-24)12-13-8-15(21)11-16(22)9-13/h2-3,8-9,11H,4-7,10,12,24H2,1H3. The minimum absolute atomic E-state index is 0.0120. The van der Waals surface area contributed by atoms with Crippen LogP contribution in [0.3, 0.4) is 0 Å². The lowest BCUT2D eigenvalue weighted by molar-refractivity contribution is -0.131. The molecule has 2 N–H and O–H groups in total. The van der Waals surface area contributed by atoms with Gasteiger partial charge in [0.2, 0.25) is 5.91 Å². The fraction of sp³-hybridized carbons (Fsp3) is 0.350. The van der Waals surface area contributed by atoms with Gasteiger partial charge in [-0.05, 0) is 29.8 Å². The van der Waals surface area contributed by atoms with Gasteiger partial charge in [0.15, 0.2) is 5.82 Å². The summed E-state index contributed by atoms with van der Waals surface area (Å²) in [6.07, 6.45) is 0.976. The fourth-order valence-electron chi connectivity index (χ4n) is 3.14. The number of nitrogens with two attached hydrogens (primary N) is 1. The van der Waals surface area contributed by atoms with Gasteiger partial charge in [-0.3, -0.25) is 4.79 Å². The molecule has 0 spiro atoms. The van der Waals surface area contributed by atoms with Crippen LogP contribution in [0.25, 0.3) is 0 Å². The highest BCUT2D eigenvalue weighted by Crippen LogP contribution is 2.27. The molecule has 3 rings (SSSR count). The molecule has 154 valence electrons. The SMILES string of the molecule is CN(CCN(Cc1cc(Cl)cc(Cl)c1)C(=O)CCN)C1=Nc2nc(Cl)ccc2C1. The number of benzene rings is 1. The van der Waals surface area contributed by atoms with Crippen molar-refractivity contribution in [2.24, 2.45) is 10.7 Å². The van der Waals surface area contributed by atoms with Crippen LogP contribution in [0.1, 0.15) is 17.5 Å². The van der Waals surface area contributed by atoms with Crippen LogP contribution in [-0.2, 0) is 17.8 Å². The molecule has 0 aliphatic carbocycles. The lowest BCUT2D eigenvalue weighted by Gasteiger charge is -2.27. The Bertz CT molecular complexity index is 914. The minimum Gasteiger partial charge on any atom is -0.361 e. The first-order valence-corrected chi connectivity index (χ1v) is 10.4. The van der Waals surface area contributed by atoms with Crippen molar-refractivity contribution in [1.82, 2.24) is 14.8 Å². The Labute approximate surface area is 185 Å². The van der Waals surface area contributed by atoms with Crippen LogP contribution in [0.2, 0.25) is 15.2 Å². The molecule has 0 bridgehead atoms. The highest BCUT2D eigenvalue weighted by Gasteiger charge is 2.21. The van der Waals surface area contributed by atoms with Gasteiger partial charge in [-0.2, -0.15) is 0 Å². The third kappa shape index (κ3) is 5.82. The number of aromatic nitrogens is 1. The maximum Gasteiger partial charge on any atom is 0.224 e. The number of hydrogen-bond acceptors (Lipinski definition) is 5. The van der Waals surface area contributed by atoms with Gasteiger partial charge in [0.1, 0.15) is 11.0 Å². The molecule has 29 heavy (non-hydrogen) atoms. The zero-order valence-electron chi connectivity index (χ0n) is 16.0. The van der Waals surface area contributed by atoms with E-state index in [-0.39, 0.29) is 12.3 Å². The van der Waals surface area contributed by atoms with Crippen LogP contribution in [0.15, 0.2) is 35.3 Å². The van der Waals surface area contributed by atoms with Gasteiger partial charge in [0.05, 0.1) is 0 Å². The largest absolute Gasteiger partial charge is 0.361 e. The monoisotopic (exact) mass is 453 g/mol. The Hall–Kier alpha value is -1.86. The normalized spacial score (nSPS) is 12.5. The van der Waals surface area contributed by atoms with Crippen LogP contribution in [0, 0.1) is 0 Å². The van der Waals surface area contributed by atoms with Gasteiger partial charge in [-0.1, -0.05) is 40.9 Å². The van der Waals surface area contributed by atoms with E-state index in [0.717, 1.165) is 17.0 Å².